The Morgan fingerprint density at radius 1 is 0.515 bits per heavy atom. The monoisotopic (exact) mass is 951 g/mol. The van der Waals surface area contributed by atoms with Gasteiger partial charge in [0.2, 0.25) is 5.91 Å². The van der Waals surface area contributed by atoms with Crippen molar-refractivity contribution in [2.24, 2.45) is 0 Å². The van der Waals surface area contributed by atoms with Gasteiger partial charge in [-0.05, 0) is 57.8 Å². The number of nitrogens with zero attached hydrogens (tertiary/aromatic N) is 1. The van der Waals surface area contributed by atoms with Crippen LogP contribution in [0.2, 0.25) is 0 Å². The topological polar surface area (TPSA) is 108 Å². The average Bonchev–Trinajstić information content (AvgIpc) is 3.28. The third kappa shape index (κ3) is 50.6. The highest BCUT2D eigenvalue weighted by molar-refractivity contribution is 7.45. The van der Waals surface area contributed by atoms with Crippen molar-refractivity contribution in [2.45, 2.75) is 283 Å². The molecule has 0 aliphatic heterocycles. The second-order valence-corrected chi connectivity index (χ2v) is 22.0. The number of quaternary nitrogens is 1. The first-order valence-corrected chi connectivity index (χ1v) is 29.8. The standard InChI is InChI=1S/C57H111N2O6P/c1-6-8-10-12-14-16-18-20-22-24-25-26-27-28-29-30-31-32-33-35-37-39-41-43-45-47-49-51-57(61)58-55(54-65-66(62,63)64-53-52-59(3,4)5)56(60)50-48-46-44-42-40-38-36-34-23-21-19-17-15-13-11-9-7-2/h24-25,40,42,48,50,55-56,60H,6-23,26-39,41,43-47,49,51-54H2,1-5H3,(H-,58,61,62,63)/b25-24-,42-40+,50-48+. The molecule has 0 rings (SSSR count). The normalized spacial score (nSPS) is 14.2. The molecule has 2 N–H and O–H groups in total. The molecular formula is C57H111N2O6P. The first kappa shape index (κ1) is 64.7. The van der Waals surface area contributed by atoms with E-state index in [-0.39, 0.29) is 12.5 Å². The summed E-state index contributed by atoms with van der Waals surface area (Å²) in [7, 11) is 1.25. The summed E-state index contributed by atoms with van der Waals surface area (Å²) in [4.78, 5) is 25.5. The van der Waals surface area contributed by atoms with E-state index in [1.54, 1.807) is 6.08 Å². The van der Waals surface area contributed by atoms with E-state index in [0.717, 1.165) is 38.5 Å². The maximum atomic E-state index is 12.9. The van der Waals surface area contributed by atoms with Crippen molar-refractivity contribution >= 4 is 13.7 Å². The molecule has 0 fully saturated rings. The van der Waals surface area contributed by atoms with Gasteiger partial charge in [-0.15, -0.1) is 0 Å². The predicted molar refractivity (Wildman–Crippen MR) is 284 cm³/mol. The Morgan fingerprint density at radius 3 is 1.23 bits per heavy atom. The number of rotatable bonds is 52. The highest BCUT2D eigenvalue weighted by Crippen LogP contribution is 2.38. The van der Waals surface area contributed by atoms with Crippen molar-refractivity contribution in [3.63, 3.8) is 0 Å². The number of carbonyl (C=O) groups excluding carboxylic acids is 1. The molecule has 1 amide bonds. The minimum atomic E-state index is -4.60. The second kappa shape index (κ2) is 48.7. The number of phosphoric acid groups is 1. The van der Waals surface area contributed by atoms with Crippen LogP contribution in [0.25, 0.3) is 0 Å². The maximum absolute atomic E-state index is 12.9. The van der Waals surface area contributed by atoms with Crippen molar-refractivity contribution in [1.29, 1.82) is 0 Å². The number of aliphatic hydroxyl groups is 1. The smallest absolute Gasteiger partial charge is 0.268 e. The van der Waals surface area contributed by atoms with Gasteiger partial charge in [-0.25, -0.2) is 0 Å². The van der Waals surface area contributed by atoms with Crippen molar-refractivity contribution < 1.29 is 32.9 Å². The van der Waals surface area contributed by atoms with Crippen LogP contribution < -0.4 is 10.2 Å². The van der Waals surface area contributed by atoms with E-state index < -0.39 is 26.6 Å². The highest BCUT2D eigenvalue weighted by Gasteiger charge is 2.23. The molecule has 0 saturated heterocycles. The van der Waals surface area contributed by atoms with Crippen LogP contribution >= 0.6 is 7.82 Å². The number of aliphatic hydroxyl groups excluding tert-OH is 1. The van der Waals surface area contributed by atoms with E-state index in [9.17, 15) is 19.4 Å². The lowest BCUT2D eigenvalue weighted by atomic mass is 10.0. The predicted octanol–water partition coefficient (Wildman–Crippen LogP) is 16.4. The van der Waals surface area contributed by atoms with Crippen molar-refractivity contribution in [1.82, 2.24) is 5.32 Å². The zero-order valence-electron chi connectivity index (χ0n) is 44.4. The second-order valence-electron chi connectivity index (χ2n) is 20.6. The molecule has 390 valence electrons. The van der Waals surface area contributed by atoms with E-state index in [4.69, 9.17) is 9.05 Å². The van der Waals surface area contributed by atoms with Gasteiger partial charge in [0.25, 0.3) is 7.82 Å². The lowest BCUT2D eigenvalue weighted by Gasteiger charge is -2.29. The molecule has 0 aliphatic rings. The Balaban J connectivity index is 4.18. The first-order valence-electron chi connectivity index (χ1n) is 28.4. The summed E-state index contributed by atoms with van der Waals surface area (Å²) in [6.45, 7) is 4.65. The van der Waals surface area contributed by atoms with Crippen LogP contribution in [0, 0.1) is 0 Å². The first-order chi connectivity index (χ1) is 32.0. The number of allylic oxidation sites excluding steroid dienone is 5. The number of carbonyl (C=O) groups is 1. The summed E-state index contributed by atoms with van der Waals surface area (Å²) < 4.78 is 23.3. The molecule has 66 heavy (non-hydrogen) atoms. The molecule has 0 spiro atoms. The Labute approximate surface area is 410 Å². The van der Waals surface area contributed by atoms with Crippen molar-refractivity contribution in [3.05, 3.63) is 36.5 Å². The van der Waals surface area contributed by atoms with E-state index in [1.807, 2.05) is 27.2 Å². The number of nitrogens with one attached hydrogen (secondary N) is 1. The lowest BCUT2D eigenvalue weighted by Crippen LogP contribution is -2.45. The minimum absolute atomic E-state index is 0.00523. The molecule has 0 heterocycles. The van der Waals surface area contributed by atoms with Gasteiger partial charge in [-0.2, -0.15) is 0 Å². The Bertz CT molecular complexity index is 1170. The van der Waals surface area contributed by atoms with Gasteiger partial charge < -0.3 is 28.8 Å². The molecule has 0 bridgehead atoms. The van der Waals surface area contributed by atoms with Crippen LogP contribution in [0.5, 0.6) is 0 Å². The van der Waals surface area contributed by atoms with Crippen LogP contribution in [0.4, 0.5) is 0 Å². The fourth-order valence-corrected chi connectivity index (χ4v) is 9.06. The minimum Gasteiger partial charge on any atom is -0.756 e. The molecule has 3 atom stereocenters. The summed E-state index contributed by atoms with van der Waals surface area (Å²) in [5.41, 5.74) is 0. The molecule has 9 heteroatoms. The van der Waals surface area contributed by atoms with Gasteiger partial charge in [0.05, 0.1) is 39.9 Å². The Kier molecular flexibility index (Phi) is 47.8. The third-order valence-corrected chi connectivity index (χ3v) is 13.8. The third-order valence-electron chi connectivity index (χ3n) is 12.8. The zero-order chi connectivity index (χ0) is 48.5. The quantitative estimate of drug-likeness (QED) is 0.0272. The van der Waals surface area contributed by atoms with Crippen LogP contribution in [-0.2, 0) is 18.4 Å². The Hall–Kier alpha value is -1.28. The van der Waals surface area contributed by atoms with E-state index in [0.29, 0.717) is 17.4 Å². The van der Waals surface area contributed by atoms with Gasteiger partial charge in [-0.3, -0.25) is 9.36 Å². The SMILES string of the molecule is CCCCCCCCCC/C=C\CCCCCCCCCCCCCCCCCC(=O)NC(COP(=O)([O-])OCC[N+](C)(C)C)C(O)/C=C/CC/C=C/CCCCCCCCCCCCC. The number of phosphoric ester groups is 1. The fraction of sp³-hybridized carbons (Fsp3) is 0.877. The number of hydrogen-bond donors (Lipinski definition) is 2. The lowest BCUT2D eigenvalue weighted by molar-refractivity contribution is -0.870. The molecule has 0 aromatic rings. The molecule has 0 aliphatic carbocycles. The van der Waals surface area contributed by atoms with Gasteiger partial charge in [0.15, 0.2) is 0 Å². The number of likely N-dealkylation sites (N-methyl/N-ethyl adjacent to an activating group) is 1. The van der Waals surface area contributed by atoms with Gasteiger partial charge in [-0.1, -0.05) is 243 Å². The molecule has 3 unspecified atom stereocenters. The zero-order valence-corrected chi connectivity index (χ0v) is 45.3. The van der Waals surface area contributed by atoms with Crippen LogP contribution in [0.15, 0.2) is 36.5 Å². The molecule has 0 aromatic carbocycles. The summed E-state index contributed by atoms with van der Waals surface area (Å²) in [6.07, 6.45) is 62.2. The van der Waals surface area contributed by atoms with Crippen molar-refractivity contribution in [2.75, 3.05) is 40.9 Å². The van der Waals surface area contributed by atoms with Crippen molar-refractivity contribution in [3.8, 4) is 0 Å². The van der Waals surface area contributed by atoms with E-state index >= 15 is 0 Å². The number of hydrogen-bond acceptors (Lipinski definition) is 6. The summed E-state index contributed by atoms with van der Waals surface area (Å²) in [6, 6.07) is -0.902. The Morgan fingerprint density at radius 2 is 0.848 bits per heavy atom. The molecule has 0 aromatic heterocycles. The molecule has 0 radical (unpaired) electrons. The molecule has 8 nitrogen and oxygen atoms in total. The van der Waals surface area contributed by atoms with Gasteiger partial charge in [0, 0.05) is 6.42 Å². The highest BCUT2D eigenvalue weighted by atomic mass is 31.2. The van der Waals surface area contributed by atoms with Crippen LogP contribution in [0.1, 0.15) is 271 Å². The summed E-state index contributed by atoms with van der Waals surface area (Å²) in [5.74, 6) is -0.204. The van der Waals surface area contributed by atoms with Gasteiger partial charge in [0.1, 0.15) is 13.2 Å². The van der Waals surface area contributed by atoms with E-state index in [2.05, 4.69) is 43.5 Å². The van der Waals surface area contributed by atoms with Crippen LogP contribution in [0.3, 0.4) is 0 Å². The molecule has 0 saturated carbocycles. The van der Waals surface area contributed by atoms with Gasteiger partial charge >= 0.3 is 0 Å². The maximum Gasteiger partial charge on any atom is 0.268 e. The van der Waals surface area contributed by atoms with E-state index in [1.165, 1.54) is 212 Å². The summed E-state index contributed by atoms with van der Waals surface area (Å²) >= 11 is 0. The largest absolute Gasteiger partial charge is 0.756 e. The average molecular weight is 951 g/mol. The fourth-order valence-electron chi connectivity index (χ4n) is 8.34. The van der Waals surface area contributed by atoms with Crippen LogP contribution in [-0.4, -0.2) is 68.5 Å². The summed E-state index contributed by atoms with van der Waals surface area (Å²) in [5, 5.41) is 13.8. The molecular weight excluding hydrogens is 840 g/mol. The number of unbranched alkanes of at least 4 members (excludes halogenated alkanes) is 35. The number of amides is 1.